The molecule has 0 aliphatic rings. The van der Waals surface area contributed by atoms with E-state index in [9.17, 15) is 9.59 Å². The van der Waals surface area contributed by atoms with Gasteiger partial charge in [0.1, 0.15) is 6.54 Å². The first-order chi connectivity index (χ1) is 9.99. The van der Waals surface area contributed by atoms with Crippen molar-refractivity contribution in [1.29, 1.82) is 0 Å². The van der Waals surface area contributed by atoms with Crippen LogP contribution in [0.25, 0.3) is 0 Å². The van der Waals surface area contributed by atoms with E-state index in [-0.39, 0.29) is 0 Å². The third-order valence-electron chi connectivity index (χ3n) is 2.90. The van der Waals surface area contributed by atoms with Gasteiger partial charge in [-0.05, 0) is 37.3 Å². The number of aryl methyl sites for hydroxylation is 1. The second-order valence-corrected chi connectivity index (χ2v) is 4.84. The lowest BCUT2D eigenvalue weighted by Gasteiger charge is -2.21. The summed E-state index contributed by atoms with van der Waals surface area (Å²) in [5, 5.41) is 9.47. The van der Waals surface area contributed by atoms with E-state index in [1.54, 1.807) is 49.5 Å². The minimum Gasteiger partial charge on any atom is -0.480 e. The van der Waals surface area contributed by atoms with Crippen LogP contribution in [0.3, 0.4) is 0 Å². The number of carboxylic acids is 1. The van der Waals surface area contributed by atoms with Gasteiger partial charge in [0.15, 0.2) is 0 Å². The van der Waals surface area contributed by atoms with Crippen LogP contribution < -0.4 is 4.90 Å². The summed E-state index contributed by atoms with van der Waals surface area (Å²) in [7, 11) is 0. The van der Waals surface area contributed by atoms with Gasteiger partial charge in [0.2, 0.25) is 0 Å². The van der Waals surface area contributed by atoms with Gasteiger partial charge in [0.05, 0.1) is 5.56 Å². The second-order valence-electron chi connectivity index (χ2n) is 4.40. The van der Waals surface area contributed by atoms with Crippen molar-refractivity contribution in [3.63, 3.8) is 0 Å². The van der Waals surface area contributed by atoms with Gasteiger partial charge in [-0.1, -0.05) is 17.7 Å². The molecule has 0 fully saturated rings. The molecule has 6 heteroatoms. The Hall–Kier alpha value is -2.40. The topological polar surface area (TPSA) is 70.5 Å². The highest BCUT2D eigenvalue weighted by Crippen LogP contribution is 2.22. The molecule has 1 aromatic carbocycles. The zero-order valence-electron chi connectivity index (χ0n) is 11.3. The van der Waals surface area contributed by atoms with E-state index < -0.39 is 18.4 Å². The molecule has 0 saturated heterocycles. The lowest BCUT2D eigenvalue weighted by Crippen LogP contribution is -2.36. The smallest absolute Gasteiger partial charge is 0.323 e. The summed E-state index contributed by atoms with van der Waals surface area (Å²) in [5.74, 6) is -1.53. The Morgan fingerprint density at radius 1 is 1.29 bits per heavy atom. The van der Waals surface area contributed by atoms with Gasteiger partial charge in [-0.15, -0.1) is 0 Å². The molecule has 0 aliphatic heterocycles. The fourth-order valence-electron chi connectivity index (χ4n) is 1.92. The van der Waals surface area contributed by atoms with Crippen LogP contribution in [0.4, 0.5) is 5.69 Å². The standard InChI is InChI=1S/C15H13ClN2O3/c1-10-13(6-3-7-17-10)15(21)18(9-14(19)20)12-5-2-4-11(16)8-12/h2-8H,9H2,1H3,(H,19,20). The third-order valence-corrected chi connectivity index (χ3v) is 3.13. The minimum atomic E-state index is -1.11. The number of carbonyl (C=O) groups excluding carboxylic acids is 1. The molecule has 0 radical (unpaired) electrons. The molecule has 5 nitrogen and oxygen atoms in total. The van der Waals surface area contributed by atoms with Crippen LogP contribution in [0, 0.1) is 6.92 Å². The normalized spacial score (nSPS) is 10.2. The van der Waals surface area contributed by atoms with Crippen molar-refractivity contribution >= 4 is 29.2 Å². The number of aliphatic carboxylic acids is 1. The summed E-state index contributed by atoms with van der Waals surface area (Å²) < 4.78 is 0. The SMILES string of the molecule is Cc1ncccc1C(=O)N(CC(=O)O)c1cccc(Cl)c1. The molecule has 21 heavy (non-hydrogen) atoms. The molecule has 0 spiro atoms. The highest BCUT2D eigenvalue weighted by Gasteiger charge is 2.22. The van der Waals surface area contributed by atoms with E-state index in [1.165, 1.54) is 0 Å². The van der Waals surface area contributed by atoms with Gasteiger partial charge in [-0.2, -0.15) is 0 Å². The van der Waals surface area contributed by atoms with Crippen molar-refractivity contribution in [2.45, 2.75) is 6.92 Å². The van der Waals surface area contributed by atoms with E-state index in [0.717, 1.165) is 4.90 Å². The Morgan fingerprint density at radius 3 is 2.67 bits per heavy atom. The maximum Gasteiger partial charge on any atom is 0.323 e. The summed E-state index contributed by atoms with van der Waals surface area (Å²) >= 11 is 5.91. The van der Waals surface area contributed by atoms with Crippen LogP contribution >= 0.6 is 11.6 Å². The molecule has 2 rings (SSSR count). The summed E-state index contributed by atoms with van der Waals surface area (Å²) in [6.07, 6.45) is 1.58. The number of hydrogen-bond acceptors (Lipinski definition) is 3. The number of hydrogen-bond donors (Lipinski definition) is 1. The summed E-state index contributed by atoms with van der Waals surface area (Å²) in [5.41, 5.74) is 1.33. The first-order valence-corrected chi connectivity index (χ1v) is 6.57. The predicted octanol–water partition coefficient (Wildman–Crippen LogP) is 2.77. The molecule has 2 aromatic rings. The maximum absolute atomic E-state index is 12.6. The number of aromatic nitrogens is 1. The lowest BCUT2D eigenvalue weighted by molar-refractivity contribution is -0.135. The van der Waals surface area contributed by atoms with E-state index in [4.69, 9.17) is 16.7 Å². The van der Waals surface area contributed by atoms with Gasteiger partial charge < -0.3 is 5.11 Å². The largest absolute Gasteiger partial charge is 0.480 e. The average molecular weight is 305 g/mol. The molecule has 0 unspecified atom stereocenters. The fourth-order valence-corrected chi connectivity index (χ4v) is 2.10. The molecule has 0 aliphatic carbocycles. The maximum atomic E-state index is 12.6. The number of anilines is 1. The van der Waals surface area contributed by atoms with E-state index in [1.807, 2.05) is 0 Å². The van der Waals surface area contributed by atoms with Crippen LogP contribution in [0.15, 0.2) is 42.6 Å². The number of benzene rings is 1. The number of amides is 1. The van der Waals surface area contributed by atoms with E-state index in [2.05, 4.69) is 4.98 Å². The quantitative estimate of drug-likeness (QED) is 0.943. The second kappa shape index (κ2) is 6.37. The molecule has 0 atom stereocenters. The molecule has 0 bridgehead atoms. The van der Waals surface area contributed by atoms with Crippen molar-refractivity contribution in [3.05, 3.63) is 58.9 Å². The number of carbonyl (C=O) groups is 2. The molecular formula is C15H13ClN2O3. The lowest BCUT2D eigenvalue weighted by atomic mass is 10.1. The number of nitrogens with zero attached hydrogens (tertiary/aromatic N) is 2. The van der Waals surface area contributed by atoms with Crippen LogP contribution in [0.1, 0.15) is 16.1 Å². The first-order valence-electron chi connectivity index (χ1n) is 6.20. The Balaban J connectivity index is 2.43. The first kappa shape index (κ1) is 15.0. The minimum absolute atomic E-state index is 0.360. The molecule has 1 amide bonds. The van der Waals surface area contributed by atoms with Crippen LogP contribution in [-0.2, 0) is 4.79 Å². The highest BCUT2D eigenvalue weighted by molar-refractivity contribution is 6.31. The Labute approximate surface area is 126 Å². The Kier molecular flexibility index (Phi) is 4.55. The van der Waals surface area contributed by atoms with Crippen LogP contribution in [-0.4, -0.2) is 28.5 Å². The van der Waals surface area contributed by atoms with Crippen molar-refractivity contribution < 1.29 is 14.7 Å². The van der Waals surface area contributed by atoms with E-state index in [0.29, 0.717) is 22.0 Å². The average Bonchev–Trinajstić information content (AvgIpc) is 2.44. The van der Waals surface area contributed by atoms with Crippen molar-refractivity contribution in [2.75, 3.05) is 11.4 Å². The van der Waals surface area contributed by atoms with Gasteiger partial charge in [-0.3, -0.25) is 19.5 Å². The Morgan fingerprint density at radius 2 is 2.05 bits per heavy atom. The van der Waals surface area contributed by atoms with Gasteiger partial charge >= 0.3 is 5.97 Å². The van der Waals surface area contributed by atoms with Crippen LogP contribution in [0.2, 0.25) is 5.02 Å². The highest BCUT2D eigenvalue weighted by atomic mass is 35.5. The zero-order valence-corrected chi connectivity index (χ0v) is 12.0. The fraction of sp³-hybridized carbons (Fsp3) is 0.133. The summed E-state index contributed by atoms with van der Waals surface area (Å²) in [6.45, 7) is 1.25. The molecule has 1 aromatic heterocycles. The third kappa shape index (κ3) is 3.58. The van der Waals surface area contributed by atoms with E-state index >= 15 is 0 Å². The molecule has 108 valence electrons. The number of carboxylic acid groups (broad SMARTS) is 1. The van der Waals surface area contributed by atoms with Crippen LogP contribution in [0.5, 0.6) is 0 Å². The van der Waals surface area contributed by atoms with Gasteiger partial charge in [-0.25, -0.2) is 0 Å². The molecular weight excluding hydrogens is 292 g/mol. The number of halogens is 1. The molecule has 0 saturated carbocycles. The number of pyridine rings is 1. The number of rotatable bonds is 4. The molecule has 1 N–H and O–H groups in total. The summed E-state index contributed by atoms with van der Waals surface area (Å²) in [4.78, 5) is 28.9. The van der Waals surface area contributed by atoms with Gasteiger partial charge in [0, 0.05) is 22.6 Å². The molecule has 1 heterocycles. The van der Waals surface area contributed by atoms with Crippen molar-refractivity contribution in [2.24, 2.45) is 0 Å². The summed E-state index contributed by atoms with van der Waals surface area (Å²) in [6, 6.07) is 9.76. The predicted molar refractivity (Wildman–Crippen MR) is 79.7 cm³/mol. The monoisotopic (exact) mass is 304 g/mol. The Bertz CT molecular complexity index is 688. The van der Waals surface area contributed by atoms with Gasteiger partial charge in [0.25, 0.3) is 5.91 Å². The van der Waals surface area contributed by atoms with Crippen molar-refractivity contribution in [3.8, 4) is 0 Å². The van der Waals surface area contributed by atoms with Crippen molar-refractivity contribution in [1.82, 2.24) is 4.98 Å². The zero-order chi connectivity index (χ0) is 15.4.